The maximum Gasteiger partial charge on any atom is 0.0599 e. The van der Waals surface area contributed by atoms with Gasteiger partial charge in [0.15, 0.2) is 0 Å². The lowest BCUT2D eigenvalue weighted by Crippen LogP contribution is -2.36. The standard InChI is InChI=1S/C19H28O2/c1-13-5-8-16(20)12-15(13)7-6-14-4-3-11-19(2)17(14)9-10-18(19)21/h6-7,16-18,20-21H,1,3-5,8-12H2,2H3/t16-,17+,18-,19+/m1/s1. The minimum Gasteiger partial charge on any atom is -0.393 e. The van der Waals surface area contributed by atoms with Gasteiger partial charge in [-0.05, 0) is 62.9 Å². The second-order valence-electron chi connectivity index (χ2n) is 7.44. The summed E-state index contributed by atoms with van der Waals surface area (Å²) in [5, 5.41) is 20.1. The molecule has 4 atom stereocenters. The Morgan fingerprint density at radius 1 is 1.14 bits per heavy atom. The molecule has 0 heterocycles. The topological polar surface area (TPSA) is 40.5 Å². The summed E-state index contributed by atoms with van der Waals surface area (Å²) in [4.78, 5) is 0. The molecule has 21 heavy (non-hydrogen) atoms. The molecule has 3 rings (SSSR count). The zero-order valence-corrected chi connectivity index (χ0v) is 13.1. The molecule has 3 fully saturated rings. The first-order valence-electron chi connectivity index (χ1n) is 8.44. The molecule has 0 unspecified atom stereocenters. The van der Waals surface area contributed by atoms with E-state index in [0.29, 0.717) is 5.92 Å². The van der Waals surface area contributed by atoms with Crippen molar-refractivity contribution in [3.8, 4) is 0 Å². The van der Waals surface area contributed by atoms with Gasteiger partial charge in [0.2, 0.25) is 0 Å². The molecule has 0 aromatic heterocycles. The summed E-state index contributed by atoms with van der Waals surface area (Å²) in [6.07, 6.45) is 12.2. The number of aliphatic hydroxyl groups is 2. The number of aliphatic hydroxyl groups excluding tert-OH is 2. The van der Waals surface area contributed by atoms with Gasteiger partial charge in [0.25, 0.3) is 0 Å². The van der Waals surface area contributed by atoms with Crippen LogP contribution in [-0.2, 0) is 0 Å². The molecule has 0 bridgehead atoms. The van der Waals surface area contributed by atoms with E-state index in [9.17, 15) is 10.2 Å². The van der Waals surface area contributed by atoms with Crippen LogP contribution in [0.3, 0.4) is 0 Å². The van der Waals surface area contributed by atoms with Gasteiger partial charge < -0.3 is 10.2 Å². The minimum absolute atomic E-state index is 0.0890. The summed E-state index contributed by atoms with van der Waals surface area (Å²) in [7, 11) is 0. The van der Waals surface area contributed by atoms with Gasteiger partial charge in [-0.3, -0.25) is 0 Å². The van der Waals surface area contributed by atoms with Crippen molar-refractivity contribution in [2.45, 2.75) is 70.5 Å². The Kier molecular flexibility index (Phi) is 4.11. The fourth-order valence-electron chi connectivity index (χ4n) is 4.61. The number of hydrogen-bond donors (Lipinski definition) is 2. The lowest BCUT2D eigenvalue weighted by molar-refractivity contribution is 0.0301. The first kappa shape index (κ1) is 15.1. The Morgan fingerprint density at radius 3 is 2.76 bits per heavy atom. The van der Waals surface area contributed by atoms with Gasteiger partial charge in [-0.2, -0.15) is 0 Å². The van der Waals surface area contributed by atoms with Crippen LogP contribution in [0.15, 0.2) is 35.5 Å². The number of rotatable bonds is 1. The monoisotopic (exact) mass is 288 g/mol. The maximum atomic E-state index is 10.3. The van der Waals surface area contributed by atoms with Crippen LogP contribution in [0.25, 0.3) is 0 Å². The highest BCUT2D eigenvalue weighted by molar-refractivity contribution is 5.36. The van der Waals surface area contributed by atoms with E-state index < -0.39 is 0 Å². The Labute approximate surface area is 128 Å². The highest BCUT2D eigenvalue weighted by atomic mass is 16.3. The average molecular weight is 288 g/mol. The van der Waals surface area contributed by atoms with Crippen molar-refractivity contribution >= 4 is 0 Å². The van der Waals surface area contributed by atoms with Crippen molar-refractivity contribution < 1.29 is 10.2 Å². The van der Waals surface area contributed by atoms with Gasteiger partial charge in [0, 0.05) is 5.41 Å². The molecule has 0 radical (unpaired) electrons. The van der Waals surface area contributed by atoms with Crippen molar-refractivity contribution in [1.29, 1.82) is 0 Å². The molecular weight excluding hydrogens is 260 g/mol. The van der Waals surface area contributed by atoms with E-state index in [2.05, 4.69) is 25.7 Å². The summed E-state index contributed by atoms with van der Waals surface area (Å²) < 4.78 is 0. The zero-order valence-electron chi connectivity index (χ0n) is 13.1. The quantitative estimate of drug-likeness (QED) is 0.768. The molecule has 0 saturated heterocycles. The van der Waals surface area contributed by atoms with Crippen molar-refractivity contribution in [3.63, 3.8) is 0 Å². The third kappa shape index (κ3) is 2.76. The number of allylic oxidation sites excluding steroid dienone is 4. The summed E-state index contributed by atoms with van der Waals surface area (Å²) in [5.41, 5.74) is 3.99. The third-order valence-electron chi connectivity index (χ3n) is 6.10. The molecule has 0 aromatic carbocycles. The average Bonchev–Trinajstić information content (AvgIpc) is 2.76. The molecule has 116 valence electrons. The predicted octanol–water partition coefficient (Wildman–Crippen LogP) is 3.90. The first-order valence-corrected chi connectivity index (χ1v) is 8.44. The van der Waals surface area contributed by atoms with Crippen LogP contribution in [0, 0.1) is 11.3 Å². The van der Waals surface area contributed by atoms with Gasteiger partial charge in [-0.25, -0.2) is 0 Å². The summed E-state index contributed by atoms with van der Waals surface area (Å²) in [6, 6.07) is 0. The molecule has 3 saturated carbocycles. The van der Waals surface area contributed by atoms with Gasteiger partial charge in [0.1, 0.15) is 0 Å². The van der Waals surface area contributed by atoms with Crippen LogP contribution in [0.4, 0.5) is 0 Å². The first-order chi connectivity index (χ1) is 10.0. The van der Waals surface area contributed by atoms with Crippen molar-refractivity contribution in [2.24, 2.45) is 11.3 Å². The molecule has 0 aliphatic heterocycles. The highest BCUT2D eigenvalue weighted by Gasteiger charge is 2.48. The van der Waals surface area contributed by atoms with Crippen LogP contribution in [0.1, 0.15) is 58.3 Å². The van der Waals surface area contributed by atoms with E-state index in [4.69, 9.17) is 0 Å². The molecule has 2 nitrogen and oxygen atoms in total. The van der Waals surface area contributed by atoms with E-state index in [1.165, 1.54) is 23.1 Å². The summed E-state index contributed by atoms with van der Waals surface area (Å²) >= 11 is 0. The van der Waals surface area contributed by atoms with E-state index >= 15 is 0 Å². The van der Waals surface area contributed by atoms with Crippen LogP contribution >= 0.6 is 0 Å². The van der Waals surface area contributed by atoms with Gasteiger partial charge >= 0.3 is 0 Å². The second kappa shape index (κ2) is 5.73. The Balaban J connectivity index is 1.81. The van der Waals surface area contributed by atoms with Crippen LogP contribution in [-0.4, -0.2) is 22.4 Å². The largest absolute Gasteiger partial charge is 0.393 e. The maximum absolute atomic E-state index is 10.3. The van der Waals surface area contributed by atoms with Crippen molar-refractivity contribution in [1.82, 2.24) is 0 Å². The zero-order chi connectivity index (χ0) is 15.0. The Hall–Kier alpha value is -0.860. The van der Waals surface area contributed by atoms with E-state index in [1.807, 2.05) is 0 Å². The van der Waals surface area contributed by atoms with E-state index in [0.717, 1.165) is 44.9 Å². The molecule has 0 aromatic rings. The van der Waals surface area contributed by atoms with Gasteiger partial charge in [0.05, 0.1) is 12.2 Å². The number of fused-ring (bicyclic) bond motifs is 1. The fourth-order valence-corrected chi connectivity index (χ4v) is 4.61. The minimum atomic E-state index is -0.204. The SMILES string of the molecule is C=C1CC[C@@H](O)CC1=CC=C1CCC[C@]2(C)[C@H](O)CC[C@@H]12. The lowest BCUT2D eigenvalue weighted by Gasteiger charge is -2.40. The smallest absolute Gasteiger partial charge is 0.0599 e. The molecule has 0 amide bonds. The Bertz CT molecular complexity index is 488. The summed E-state index contributed by atoms with van der Waals surface area (Å²) in [5.74, 6) is 0.542. The normalized spacial score (nSPS) is 44.3. The van der Waals surface area contributed by atoms with Crippen LogP contribution in [0.2, 0.25) is 0 Å². The van der Waals surface area contributed by atoms with E-state index in [1.54, 1.807) is 0 Å². The molecule has 2 N–H and O–H groups in total. The molecule has 3 aliphatic rings. The molecule has 3 aliphatic carbocycles. The number of hydrogen-bond acceptors (Lipinski definition) is 2. The molecule has 2 heteroatoms. The Morgan fingerprint density at radius 2 is 1.95 bits per heavy atom. The van der Waals surface area contributed by atoms with Crippen molar-refractivity contribution in [2.75, 3.05) is 0 Å². The lowest BCUT2D eigenvalue weighted by atomic mass is 9.66. The highest BCUT2D eigenvalue weighted by Crippen LogP contribution is 2.54. The molecular formula is C19H28O2. The molecule has 0 spiro atoms. The van der Waals surface area contributed by atoms with E-state index in [-0.39, 0.29) is 17.6 Å². The predicted molar refractivity (Wildman–Crippen MR) is 85.9 cm³/mol. The van der Waals surface area contributed by atoms with Crippen LogP contribution < -0.4 is 0 Å². The summed E-state index contributed by atoms with van der Waals surface area (Å²) in [6.45, 7) is 6.40. The fraction of sp³-hybridized carbons (Fsp3) is 0.684. The third-order valence-corrected chi connectivity index (χ3v) is 6.10. The second-order valence-corrected chi connectivity index (χ2v) is 7.44. The van der Waals surface area contributed by atoms with Crippen LogP contribution in [0.5, 0.6) is 0 Å². The van der Waals surface area contributed by atoms with Crippen molar-refractivity contribution in [3.05, 3.63) is 35.5 Å². The van der Waals surface area contributed by atoms with Gasteiger partial charge in [-0.15, -0.1) is 0 Å². The van der Waals surface area contributed by atoms with Gasteiger partial charge in [-0.1, -0.05) is 36.8 Å².